The summed E-state index contributed by atoms with van der Waals surface area (Å²) >= 11 is 0. The second-order valence-electron chi connectivity index (χ2n) is 8.09. The maximum atomic E-state index is 5.77. The molecule has 0 aliphatic rings. The fraction of sp³-hybridized carbons (Fsp3) is 0.400. The SMILES string of the molecule is CCCCC(OC)(OC)c1nc(Cc2ccc(-c3ccccc3-c3nn[nH]n3)cc2)n(CC)n1. The number of aryl methyl sites for hydroxylation is 1. The van der Waals surface area contributed by atoms with Crippen LogP contribution in [0.15, 0.2) is 48.5 Å². The van der Waals surface area contributed by atoms with Gasteiger partial charge in [-0.25, -0.2) is 9.67 Å². The molecule has 0 fully saturated rings. The third-order valence-electron chi connectivity index (χ3n) is 6.05. The summed E-state index contributed by atoms with van der Waals surface area (Å²) in [6, 6.07) is 16.5. The smallest absolute Gasteiger partial charge is 0.231 e. The van der Waals surface area contributed by atoms with Crippen LogP contribution in [0.4, 0.5) is 0 Å². The first-order chi connectivity index (χ1) is 16.6. The fourth-order valence-electron chi connectivity index (χ4n) is 4.10. The van der Waals surface area contributed by atoms with Crippen molar-refractivity contribution < 1.29 is 9.47 Å². The van der Waals surface area contributed by atoms with E-state index in [2.05, 4.69) is 64.8 Å². The Morgan fingerprint density at radius 1 is 0.971 bits per heavy atom. The number of hydrogen-bond donors (Lipinski definition) is 1. The van der Waals surface area contributed by atoms with Gasteiger partial charge in [0.15, 0.2) is 0 Å². The van der Waals surface area contributed by atoms with Gasteiger partial charge in [0.05, 0.1) is 0 Å². The van der Waals surface area contributed by atoms with Crippen LogP contribution >= 0.6 is 0 Å². The van der Waals surface area contributed by atoms with Crippen LogP contribution in [0.2, 0.25) is 0 Å². The highest BCUT2D eigenvalue weighted by molar-refractivity contribution is 5.80. The van der Waals surface area contributed by atoms with Gasteiger partial charge in [-0.2, -0.15) is 10.3 Å². The van der Waals surface area contributed by atoms with Crippen LogP contribution in [0.1, 0.15) is 50.3 Å². The van der Waals surface area contributed by atoms with E-state index >= 15 is 0 Å². The number of nitrogens with zero attached hydrogens (tertiary/aromatic N) is 6. The van der Waals surface area contributed by atoms with Crippen LogP contribution in [-0.2, 0) is 28.2 Å². The summed E-state index contributed by atoms with van der Waals surface area (Å²) in [5, 5.41) is 19.2. The molecule has 178 valence electrons. The molecule has 0 atom stereocenters. The summed E-state index contributed by atoms with van der Waals surface area (Å²) in [4.78, 5) is 4.85. The molecular weight excluding hydrogens is 430 g/mol. The molecule has 0 bridgehead atoms. The van der Waals surface area contributed by atoms with Crippen LogP contribution in [0.25, 0.3) is 22.5 Å². The lowest BCUT2D eigenvalue weighted by molar-refractivity contribution is -0.226. The van der Waals surface area contributed by atoms with E-state index in [1.165, 1.54) is 0 Å². The van der Waals surface area contributed by atoms with E-state index in [0.717, 1.165) is 47.5 Å². The molecule has 0 saturated heterocycles. The number of tetrazole rings is 1. The van der Waals surface area contributed by atoms with Crippen molar-refractivity contribution >= 4 is 0 Å². The number of methoxy groups -OCH3 is 2. The largest absolute Gasteiger partial charge is 0.347 e. The van der Waals surface area contributed by atoms with Crippen molar-refractivity contribution in [3.05, 3.63) is 65.7 Å². The van der Waals surface area contributed by atoms with Gasteiger partial charge in [0.25, 0.3) is 0 Å². The molecule has 4 aromatic rings. The molecule has 2 aromatic heterocycles. The first-order valence-electron chi connectivity index (χ1n) is 11.6. The fourth-order valence-corrected chi connectivity index (χ4v) is 4.10. The quantitative estimate of drug-likeness (QED) is 0.331. The average Bonchev–Trinajstić information content (AvgIpc) is 3.56. The van der Waals surface area contributed by atoms with E-state index in [9.17, 15) is 0 Å². The normalized spacial score (nSPS) is 11.8. The molecule has 0 amide bonds. The lowest BCUT2D eigenvalue weighted by Gasteiger charge is -2.27. The maximum absolute atomic E-state index is 5.77. The highest BCUT2D eigenvalue weighted by Crippen LogP contribution is 2.31. The number of hydrogen-bond acceptors (Lipinski definition) is 7. The van der Waals surface area contributed by atoms with Crippen molar-refractivity contribution in [3.63, 3.8) is 0 Å². The van der Waals surface area contributed by atoms with E-state index in [0.29, 0.717) is 24.5 Å². The van der Waals surface area contributed by atoms with E-state index in [1.54, 1.807) is 14.2 Å². The molecule has 0 radical (unpaired) electrons. The van der Waals surface area contributed by atoms with Crippen molar-refractivity contribution in [3.8, 4) is 22.5 Å². The standard InChI is InChI=1S/C25H31N7O2/c1-5-7-16-25(33-3,34-4)24-26-22(32(6-2)29-24)17-18-12-14-19(15-13-18)20-10-8-9-11-21(20)23-27-30-31-28-23/h8-15H,5-7,16-17H2,1-4H3,(H,27,28,30,31). The third kappa shape index (κ3) is 4.76. The first kappa shape index (κ1) is 23.7. The van der Waals surface area contributed by atoms with Crippen molar-refractivity contribution in [2.75, 3.05) is 14.2 Å². The highest BCUT2D eigenvalue weighted by atomic mass is 16.7. The summed E-state index contributed by atoms with van der Waals surface area (Å²) in [5.41, 5.74) is 4.21. The summed E-state index contributed by atoms with van der Waals surface area (Å²) in [6.07, 6.45) is 3.37. The number of unbranched alkanes of at least 4 members (excludes halogenated alkanes) is 1. The van der Waals surface area contributed by atoms with Crippen LogP contribution in [0.5, 0.6) is 0 Å². The summed E-state index contributed by atoms with van der Waals surface area (Å²) in [6.45, 7) is 4.92. The van der Waals surface area contributed by atoms with Gasteiger partial charge >= 0.3 is 0 Å². The zero-order valence-corrected chi connectivity index (χ0v) is 20.2. The van der Waals surface area contributed by atoms with E-state index < -0.39 is 5.79 Å². The Labute approximate surface area is 199 Å². The van der Waals surface area contributed by atoms with E-state index in [1.807, 2.05) is 22.9 Å². The van der Waals surface area contributed by atoms with Gasteiger partial charge in [-0.3, -0.25) is 0 Å². The number of benzene rings is 2. The molecule has 1 N–H and O–H groups in total. The van der Waals surface area contributed by atoms with E-state index in [-0.39, 0.29) is 0 Å². The van der Waals surface area contributed by atoms with Crippen molar-refractivity contribution in [1.82, 2.24) is 35.4 Å². The van der Waals surface area contributed by atoms with Gasteiger partial charge in [-0.15, -0.1) is 10.2 Å². The number of aromatic nitrogens is 7. The van der Waals surface area contributed by atoms with E-state index in [4.69, 9.17) is 19.6 Å². The van der Waals surface area contributed by atoms with Crippen LogP contribution in [0.3, 0.4) is 0 Å². The lowest BCUT2D eigenvalue weighted by atomic mass is 9.98. The predicted molar refractivity (Wildman–Crippen MR) is 129 cm³/mol. The van der Waals surface area contributed by atoms with Crippen LogP contribution < -0.4 is 0 Å². The summed E-state index contributed by atoms with van der Waals surface area (Å²) in [5.74, 6) is 1.11. The minimum atomic E-state index is -0.923. The topological polar surface area (TPSA) is 104 Å². The zero-order valence-electron chi connectivity index (χ0n) is 20.2. The monoisotopic (exact) mass is 461 g/mol. The molecule has 9 heteroatoms. The Morgan fingerprint density at radius 2 is 1.71 bits per heavy atom. The Hall–Kier alpha value is -3.43. The number of rotatable bonds is 11. The number of aromatic amines is 1. The summed E-state index contributed by atoms with van der Waals surface area (Å²) < 4.78 is 13.5. The predicted octanol–water partition coefficient (Wildman–Crippen LogP) is 4.37. The molecule has 9 nitrogen and oxygen atoms in total. The molecule has 2 heterocycles. The van der Waals surface area contributed by atoms with Crippen molar-refractivity contribution in [2.45, 2.75) is 51.9 Å². The van der Waals surface area contributed by atoms with Gasteiger partial charge in [0.1, 0.15) is 5.82 Å². The van der Waals surface area contributed by atoms with Crippen molar-refractivity contribution in [1.29, 1.82) is 0 Å². The Kier molecular flexibility index (Phi) is 7.44. The molecular formula is C25H31N7O2. The molecule has 0 saturated carbocycles. The first-order valence-corrected chi connectivity index (χ1v) is 11.6. The van der Waals surface area contributed by atoms with Crippen molar-refractivity contribution in [2.24, 2.45) is 0 Å². The maximum Gasteiger partial charge on any atom is 0.231 e. The second kappa shape index (κ2) is 10.7. The van der Waals surface area contributed by atoms with Gasteiger partial charge in [-0.05, 0) is 35.2 Å². The lowest BCUT2D eigenvalue weighted by Crippen LogP contribution is -2.32. The van der Waals surface area contributed by atoms with Crippen LogP contribution in [-0.4, -0.2) is 49.6 Å². The molecule has 2 aromatic carbocycles. The molecule has 0 spiro atoms. The van der Waals surface area contributed by atoms with Gasteiger partial charge < -0.3 is 9.47 Å². The minimum absolute atomic E-state index is 0.575. The van der Waals surface area contributed by atoms with Gasteiger partial charge in [-0.1, -0.05) is 61.9 Å². The number of nitrogens with one attached hydrogen (secondary N) is 1. The highest BCUT2D eigenvalue weighted by Gasteiger charge is 2.36. The Morgan fingerprint density at radius 3 is 2.32 bits per heavy atom. The molecule has 34 heavy (non-hydrogen) atoms. The second-order valence-corrected chi connectivity index (χ2v) is 8.09. The van der Waals surface area contributed by atoms with Gasteiger partial charge in [0, 0.05) is 39.2 Å². The van der Waals surface area contributed by atoms with Crippen LogP contribution in [0, 0.1) is 0 Å². The average molecular weight is 462 g/mol. The van der Waals surface area contributed by atoms with Gasteiger partial charge in [0.2, 0.25) is 17.4 Å². The number of H-pyrrole nitrogens is 1. The number of ether oxygens (including phenoxy) is 2. The molecule has 0 unspecified atom stereocenters. The zero-order chi connectivity index (χ0) is 24.0. The Bertz CT molecular complexity index is 1180. The summed E-state index contributed by atoms with van der Waals surface area (Å²) in [7, 11) is 3.30. The molecule has 0 aliphatic carbocycles. The minimum Gasteiger partial charge on any atom is -0.347 e. The third-order valence-corrected chi connectivity index (χ3v) is 6.05. The molecule has 4 rings (SSSR count). The Balaban J connectivity index is 1.59. The molecule has 0 aliphatic heterocycles.